The van der Waals surface area contributed by atoms with Crippen molar-refractivity contribution in [1.29, 1.82) is 0 Å². The number of hydrogen-bond acceptors (Lipinski definition) is 2. The third-order valence-corrected chi connectivity index (χ3v) is 5.29. The molecule has 0 radical (unpaired) electrons. The fraction of sp³-hybridized carbons (Fsp3) is 0.933. The normalized spacial score (nSPS) is 35.1. The molecule has 0 aromatic rings. The smallest absolute Gasteiger partial charge is 0.223 e. The van der Waals surface area contributed by atoms with E-state index in [1.54, 1.807) is 0 Å². The first-order valence-electron chi connectivity index (χ1n) is 7.47. The van der Waals surface area contributed by atoms with Crippen LogP contribution in [0.25, 0.3) is 0 Å². The molecule has 1 amide bonds. The number of hydrogen-bond donors (Lipinski definition) is 1. The van der Waals surface area contributed by atoms with Gasteiger partial charge in [0, 0.05) is 19.0 Å². The molecule has 1 saturated carbocycles. The van der Waals surface area contributed by atoms with E-state index in [0.717, 1.165) is 19.4 Å². The minimum atomic E-state index is 0.140. The Kier molecular flexibility index (Phi) is 4.00. The Balaban J connectivity index is 1.99. The van der Waals surface area contributed by atoms with Gasteiger partial charge in [-0.15, -0.1) is 0 Å². The Morgan fingerprint density at radius 3 is 2.50 bits per heavy atom. The van der Waals surface area contributed by atoms with Crippen LogP contribution in [0.2, 0.25) is 0 Å². The number of carbonyl (C=O) groups excluding carboxylic acids is 1. The zero-order valence-corrected chi connectivity index (χ0v) is 12.1. The molecule has 0 aromatic carbocycles. The summed E-state index contributed by atoms with van der Waals surface area (Å²) in [4.78, 5) is 14.7. The van der Waals surface area contributed by atoms with Crippen LogP contribution in [0.1, 0.15) is 52.9 Å². The van der Waals surface area contributed by atoms with Crippen LogP contribution in [0, 0.1) is 17.3 Å². The SMILES string of the molecule is CC1CC(C)C(C)N(C(=O)CC2(CN)CCC2)C1. The van der Waals surface area contributed by atoms with Crippen LogP contribution in [0.5, 0.6) is 0 Å². The van der Waals surface area contributed by atoms with Crippen molar-refractivity contribution in [3.8, 4) is 0 Å². The van der Waals surface area contributed by atoms with Gasteiger partial charge in [-0.05, 0) is 50.0 Å². The molecule has 2 rings (SSSR count). The van der Waals surface area contributed by atoms with E-state index >= 15 is 0 Å². The second kappa shape index (κ2) is 5.20. The first-order valence-corrected chi connectivity index (χ1v) is 7.47. The number of rotatable bonds is 3. The monoisotopic (exact) mass is 252 g/mol. The van der Waals surface area contributed by atoms with Gasteiger partial charge in [0.25, 0.3) is 0 Å². The van der Waals surface area contributed by atoms with Gasteiger partial charge < -0.3 is 10.6 Å². The molecule has 3 atom stereocenters. The number of nitrogens with zero attached hydrogens (tertiary/aromatic N) is 1. The molecule has 1 aliphatic heterocycles. The topological polar surface area (TPSA) is 46.3 Å². The van der Waals surface area contributed by atoms with Crippen molar-refractivity contribution in [2.75, 3.05) is 13.1 Å². The zero-order valence-electron chi connectivity index (χ0n) is 12.1. The molecule has 3 unspecified atom stereocenters. The molecule has 1 aliphatic carbocycles. The Bertz CT molecular complexity index is 306. The predicted molar refractivity (Wildman–Crippen MR) is 74.1 cm³/mol. The quantitative estimate of drug-likeness (QED) is 0.838. The van der Waals surface area contributed by atoms with E-state index in [9.17, 15) is 4.79 Å². The van der Waals surface area contributed by atoms with Crippen molar-refractivity contribution in [3.63, 3.8) is 0 Å². The van der Waals surface area contributed by atoms with Crippen LogP contribution in [0.15, 0.2) is 0 Å². The highest BCUT2D eigenvalue weighted by Crippen LogP contribution is 2.43. The summed E-state index contributed by atoms with van der Waals surface area (Å²) in [6.45, 7) is 8.33. The maximum atomic E-state index is 12.5. The Hall–Kier alpha value is -0.570. The summed E-state index contributed by atoms with van der Waals surface area (Å²) in [6.07, 6.45) is 5.44. The van der Waals surface area contributed by atoms with Crippen molar-refractivity contribution in [2.45, 2.75) is 58.9 Å². The van der Waals surface area contributed by atoms with Gasteiger partial charge in [0.1, 0.15) is 0 Å². The first kappa shape index (κ1) is 13.9. The first-order chi connectivity index (χ1) is 8.47. The van der Waals surface area contributed by atoms with E-state index in [4.69, 9.17) is 5.73 Å². The highest BCUT2D eigenvalue weighted by molar-refractivity contribution is 5.77. The Morgan fingerprint density at radius 2 is 2.00 bits per heavy atom. The number of amides is 1. The molecule has 18 heavy (non-hydrogen) atoms. The van der Waals surface area contributed by atoms with Crippen LogP contribution < -0.4 is 5.73 Å². The average molecular weight is 252 g/mol. The lowest BCUT2D eigenvalue weighted by molar-refractivity contribution is -0.141. The van der Waals surface area contributed by atoms with E-state index < -0.39 is 0 Å². The number of nitrogens with two attached hydrogens (primary N) is 1. The largest absolute Gasteiger partial charge is 0.339 e. The predicted octanol–water partition coefficient (Wildman–Crippen LogP) is 2.40. The fourth-order valence-electron chi connectivity index (χ4n) is 3.60. The third kappa shape index (κ3) is 2.56. The molecule has 104 valence electrons. The molecule has 2 fully saturated rings. The van der Waals surface area contributed by atoms with Crippen LogP contribution in [0.4, 0.5) is 0 Å². The van der Waals surface area contributed by atoms with Gasteiger partial charge in [-0.1, -0.05) is 20.3 Å². The van der Waals surface area contributed by atoms with Crippen molar-refractivity contribution in [3.05, 3.63) is 0 Å². The van der Waals surface area contributed by atoms with E-state index in [1.807, 2.05) is 0 Å². The molecule has 2 aliphatic rings. The lowest BCUT2D eigenvalue weighted by atomic mass is 9.66. The molecule has 0 aromatic heterocycles. The zero-order chi connectivity index (χ0) is 13.3. The molecule has 3 nitrogen and oxygen atoms in total. The molecule has 1 heterocycles. The van der Waals surface area contributed by atoms with E-state index in [-0.39, 0.29) is 5.41 Å². The van der Waals surface area contributed by atoms with Gasteiger partial charge in [-0.2, -0.15) is 0 Å². The minimum Gasteiger partial charge on any atom is -0.339 e. The van der Waals surface area contributed by atoms with Crippen LogP contribution in [-0.4, -0.2) is 29.9 Å². The van der Waals surface area contributed by atoms with Gasteiger partial charge in [-0.25, -0.2) is 0 Å². The summed E-state index contributed by atoms with van der Waals surface area (Å²) in [5, 5.41) is 0. The summed E-state index contributed by atoms with van der Waals surface area (Å²) in [6, 6.07) is 0.392. The molecule has 1 saturated heterocycles. The third-order valence-electron chi connectivity index (χ3n) is 5.29. The van der Waals surface area contributed by atoms with Crippen LogP contribution in [0.3, 0.4) is 0 Å². The highest BCUT2D eigenvalue weighted by atomic mass is 16.2. The van der Waals surface area contributed by atoms with Crippen molar-refractivity contribution >= 4 is 5.91 Å². The van der Waals surface area contributed by atoms with Crippen molar-refractivity contribution in [1.82, 2.24) is 4.90 Å². The molecule has 0 bridgehead atoms. The highest BCUT2D eigenvalue weighted by Gasteiger charge is 2.40. The van der Waals surface area contributed by atoms with Gasteiger partial charge in [-0.3, -0.25) is 4.79 Å². The molecule has 3 heteroatoms. The molecule has 0 spiro atoms. The summed E-state index contributed by atoms with van der Waals surface area (Å²) < 4.78 is 0. The summed E-state index contributed by atoms with van der Waals surface area (Å²) in [5.41, 5.74) is 6.00. The number of piperidine rings is 1. The summed E-state index contributed by atoms with van der Waals surface area (Å²) in [5.74, 6) is 1.59. The molecule has 2 N–H and O–H groups in total. The maximum Gasteiger partial charge on any atom is 0.223 e. The van der Waals surface area contributed by atoms with Crippen LogP contribution in [-0.2, 0) is 4.79 Å². The van der Waals surface area contributed by atoms with Gasteiger partial charge in [0.2, 0.25) is 5.91 Å². The van der Waals surface area contributed by atoms with Gasteiger partial charge in [0.15, 0.2) is 0 Å². The second-order valence-corrected chi connectivity index (χ2v) is 6.84. The lowest BCUT2D eigenvalue weighted by Gasteiger charge is -2.45. The summed E-state index contributed by atoms with van der Waals surface area (Å²) in [7, 11) is 0. The minimum absolute atomic E-state index is 0.140. The number of likely N-dealkylation sites (tertiary alicyclic amines) is 1. The van der Waals surface area contributed by atoms with Crippen LogP contribution >= 0.6 is 0 Å². The second-order valence-electron chi connectivity index (χ2n) is 6.84. The Labute approximate surface area is 111 Å². The van der Waals surface area contributed by atoms with Crippen molar-refractivity contribution in [2.24, 2.45) is 23.0 Å². The summed E-state index contributed by atoms with van der Waals surface area (Å²) >= 11 is 0. The standard InChI is InChI=1S/C15H28N2O/c1-11-7-12(2)13(3)17(9-11)14(18)8-15(10-16)5-4-6-15/h11-13H,4-10,16H2,1-3H3. The number of carbonyl (C=O) groups is 1. The van der Waals surface area contributed by atoms with Gasteiger partial charge >= 0.3 is 0 Å². The molecular formula is C15H28N2O. The van der Waals surface area contributed by atoms with E-state index in [1.165, 1.54) is 12.8 Å². The van der Waals surface area contributed by atoms with Crippen molar-refractivity contribution < 1.29 is 4.79 Å². The van der Waals surface area contributed by atoms with Gasteiger partial charge in [0.05, 0.1) is 0 Å². The fourth-order valence-corrected chi connectivity index (χ4v) is 3.60. The van der Waals surface area contributed by atoms with E-state index in [0.29, 0.717) is 36.8 Å². The van der Waals surface area contributed by atoms with E-state index in [2.05, 4.69) is 25.7 Å². The maximum absolute atomic E-state index is 12.5. The lowest BCUT2D eigenvalue weighted by Crippen LogP contribution is -2.51. The Morgan fingerprint density at radius 1 is 1.33 bits per heavy atom. The average Bonchev–Trinajstić information content (AvgIpc) is 2.28. The molecular weight excluding hydrogens is 224 g/mol.